The van der Waals surface area contributed by atoms with Crippen LogP contribution in [0.2, 0.25) is 0 Å². The Morgan fingerprint density at radius 1 is 1.71 bits per heavy atom. The predicted molar refractivity (Wildman–Crippen MR) is 30.5 cm³/mol. The minimum absolute atomic E-state index is 1.46. The first kappa shape index (κ1) is 4.96. The molecule has 0 radical (unpaired) electrons. The van der Waals surface area contributed by atoms with Gasteiger partial charge in [0.2, 0.25) is 0 Å². The molecule has 0 aromatic heterocycles. The Morgan fingerprint density at radius 2 is 2.43 bits per heavy atom. The summed E-state index contributed by atoms with van der Waals surface area (Å²) in [5, 5.41) is 3.71. The minimum atomic E-state index is 1.46. The molecule has 0 amide bonds. The Morgan fingerprint density at radius 3 is 2.57 bits per heavy atom. The summed E-state index contributed by atoms with van der Waals surface area (Å²) in [4.78, 5) is 0. The molecule has 0 aromatic carbocycles. The molecular formula is C3H7N3S. The number of hydrazine groups is 2. The first-order chi connectivity index (χ1) is 3.30. The fraction of sp³-hybridized carbons (Fsp3) is 0.333. The van der Waals surface area contributed by atoms with Crippen LogP contribution >= 0.6 is 11.9 Å². The molecular weight excluding hydrogens is 110 g/mol. The summed E-state index contributed by atoms with van der Waals surface area (Å²) in [6, 6.07) is 0. The maximum Gasteiger partial charge on any atom is 0.0257 e. The van der Waals surface area contributed by atoms with Crippen molar-refractivity contribution in [2.45, 2.75) is 0 Å². The zero-order chi connectivity index (χ0) is 5.28. The Bertz CT molecular complexity index is 92.2. The lowest BCUT2D eigenvalue weighted by Gasteiger charge is -2.15. The molecule has 0 fully saturated rings. The van der Waals surface area contributed by atoms with Crippen LogP contribution in [0, 0.1) is 0 Å². The van der Waals surface area contributed by atoms with E-state index < -0.39 is 0 Å². The van der Waals surface area contributed by atoms with Crippen molar-refractivity contribution in [2.75, 3.05) is 7.05 Å². The van der Waals surface area contributed by atoms with Crippen molar-refractivity contribution in [3.05, 3.63) is 11.6 Å². The molecule has 0 aliphatic carbocycles. The highest BCUT2D eigenvalue weighted by Gasteiger charge is 2.04. The quantitative estimate of drug-likeness (QED) is 0.361. The van der Waals surface area contributed by atoms with Crippen molar-refractivity contribution in [2.24, 2.45) is 5.84 Å². The van der Waals surface area contributed by atoms with Gasteiger partial charge in [0.05, 0.1) is 0 Å². The molecule has 1 aliphatic rings. The third-order valence-electron chi connectivity index (χ3n) is 0.756. The maximum absolute atomic E-state index is 5.34. The zero-order valence-corrected chi connectivity index (χ0v) is 4.85. The van der Waals surface area contributed by atoms with Crippen molar-refractivity contribution < 1.29 is 0 Å². The number of nitrogens with zero attached hydrogens (tertiary/aromatic N) is 2. The summed E-state index contributed by atoms with van der Waals surface area (Å²) in [5.41, 5.74) is 0. The average molecular weight is 117 g/mol. The molecule has 0 bridgehead atoms. The van der Waals surface area contributed by atoms with Crippen LogP contribution in [-0.4, -0.2) is 16.6 Å². The molecule has 2 N–H and O–H groups in total. The van der Waals surface area contributed by atoms with Crippen LogP contribution in [0.15, 0.2) is 11.6 Å². The first-order valence-electron chi connectivity index (χ1n) is 1.92. The van der Waals surface area contributed by atoms with E-state index >= 15 is 0 Å². The van der Waals surface area contributed by atoms with Gasteiger partial charge >= 0.3 is 0 Å². The van der Waals surface area contributed by atoms with E-state index in [1.807, 2.05) is 18.7 Å². The molecule has 1 aliphatic heterocycles. The van der Waals surface area contributed by atoms with Gasteiger partial charge in [-0.25, -0.2) is 5.84 Å². The van der Waals surface area contributed by atoms with Crippen molar-refractivity contribution >= 4 is 11.9 Å². The topological polar surface area (TPSA) is 32.5 Å². The summed E-state index contributed by atoms with van der Waals surface area (Å²) in [7, 11) is 1.89. The van der Waals surface area contributed by atoms with Gasteiger partial charge in [0.15, 0.2) is 0 Å². The van der Waals surface area contributed by atoms with Gasteiger partial charge in [-0.1, -0.05) is 4.52 Å². The molecule has 40 valence electrons. The molecule has 7 heavy (non-hydrogen) atoms. The normalized spacial score (nSPS) is 21.7. The van der Waals surface area contributed by atoms with Crippen LogP contribution in [0.3, 0.4) is 0 Å². The Labute approximate surface area is 46.8 Å². The molecule has 0 spiro atoms. The van der Waals surface area contributed by atoms with E-state index in [-0.39, 0.29) is 0 Å². The van der Waals surface area contributed by atoms with E-state index in [1.165, 1.54) is 11.9 Å². The molecule has 1 rings (SSSR count). The lowest BCUT2D eigenvalue weighted by atomic mass is 11.0. The van der Waals surface area contributed by atoms with Crippen molar-refractivity contribution in [3.63, 3.8) is 0 Å². The molecule has 0 saturated carbocycles. The van der Waals surface area contributed by atoms with Crippen LogP contribution in [0.25, 0.3) is 0 Å². The van der Waals surface area contributed by atoms with Gasteiger partial charge < -0.3 is 0 Å². The van der Waals surface area contributed by atoms with E-state index in [4.69, 9.17) is 5.84 Å². The van der Waals surface area contributed by atoms with E-state index in [9.17, 15) is 0 Å². The first-order valence-corrected chi connectivity index (χ1v) is 2.75. The number of nitrogens with two attached hydrogens (primary N) is 1. The highest BCUT2D eigenvalue weighted by molar-refractivity contribution is 7.99. The van der Waals surface area contributed by atoms with Crippen molar-refractivity contribution in [1.29, 1.82) is 0 Å². The third kappa shape index (κ3) is 0.876. The lowest BCUT2D eigenvalue weighted by molar-refractivity contribution is 0.185. The standard InChI is InChI=1S/C3H7N3S/c1-5-2-3-7-6(5)4/h2-3H,4H2,1H3. The molecule has 3 nitrogen and oxygen atoms in total. The smallest absolute Gasteiger partial charge is 0.0257 e. The molecule has 0 saturated heterocycles. The van der Waals surface area contributed by atoms with Gasteiger partial charge in [0, 0.05) is 18.7 Å². The highest BCUT2D eigenvalue weighted by atomic mass is 32.2. The molecule has 0 atom stereocenters. The summed E-state index contributed by atoms with van der Waals surface area (Å²) in [6.45, 7) is 0. The van der Waals surface area contributed by atoms with Gasteiger partial charge in [-0.3, -0.25) is 5.01 Å². The second-order valence-electron chi connectivity index (χ2n) is 1.27. The summed E-state index contributed by atoms with van der Waals surface area (Å²) in [6.07, 6.45) is 1.89. The van der Waals surface area contributed by atoms with E-state index in [2.05, 4.69) is 0 Å². The second kappa shape index (κ2) is 1.73. The molecule has 4 heteroatoms. The second-order valence-corrected chi connectivity index (χ2v) is 2.12. The van der Waals surface area contributed by atoms with Crippen LogP contribution in [0.4, 0.5) is 0 Å². The average Bonchev–Trinajstić information content (AvgIpc) is 1.91. The molecule has 0 aromatic rings. The Balaban J connectivity index is 2.45. The Hall–Kier alpha value is -0.190. The largest absolute Gasteiger partial charge is 0.292 e. The lowest BCUT2D eigenvalue weighted by Crippen LogP contribution is -2.32. The highest BCUT2D eigenvalue weighted by Crippen LogP contribution is 2.15. The monoisotopic (exact) mass is 117 g/mol. The van der Waals surface area contributed by atoms with Crippen LogP contribution in [-0.2, 0) is 0 Å². The predicted octanol–water partition coefficient (Wildman–Crippen LogP) is 0.142. The molecule has 1 heterocycles. The fourth-order valence-corrected chi connectivity index (χ4v) is 0.876. The summed E-state index contributed by atoms with van der Waals surface area (Å²) < 4.78 is 1.54. The van der Waals surface area contributed by atoms with E-state index in [0.29, 0.717) is 0 Å². The van der Waals surface area contributed by atoms with Crippen LogP contribution < -0.4 is 5.84 Å². The van der Waals surface area contributed by atoms with Gasteiger partial charge in [0.25, 0.3) is 0 Å². The van der Waals surface area contributed by atoms with Crippen molar-refractivity contribution in [1.82, 2.24) is 9.53 Å². The summed E-state index contributed by atoms with van der Waals surface area (Å²) >= 11 is 1.46. The zero-order valence-electron chi connectivity index (χ0n) is 4.03. The van der Waals surface area contributed by atoms with Crippen LogP contribution in [0.1, 0.15) is 0 Å². The maximum atomic E-state index is 5.34. The molecule has 0 unspecified atom stereocenters. The number of hydrogen-bond acceptors (Lipinski definition) is 4. The van der Waals surface area contributed by atoms with Crippen LogP contribution in [0.5, 0.6) is 0 Å². The number of rotatable bonds is 0. The van der Waals surface area contributed by atoms with Gasteiger partial charge in [-0.05, 0) is 11.9 Å². The summed E-state index contributed by atoms with van der Waals surface area (Å²) in [5.74, 6) is 5.34. The van der Waals surface area contributed by atoms with E-state index in [0.717, 1.165) is 0 Å². The minimum Gasteiger partial charge on any atom is -0.292 e. The fourth-order valence-electron chi connectivity index (χ4n) is 0.318. The third-order valence-corrected chi connectivity index (χ3v) is 1.47. The van der Waals surface area contributed by atoms with E-state index in [1.54, 1.807) is 9.53 Å². The van der Waals surface area contributed by atoms with Gasteiger partial charge in [-0.15, -0.1) is 0 Å². The number of hydrogen-bond donors (Lipinski definition) is 1. The van der Waals surface area contributed by atoms with Gasteiger partial charge in [-0.2, -0.15) is 0 Å². The Kier molecular flexibility index (Phi) is 1.23. The van der Waals surface area contributed by atoms with Gasteiger partial charge in [0.1, 0.15) is 0 Å². The SMILES string of the molecule is CN1C=CSN1N. The van der Waals surface area contributed by atoms with Crippen molar-refractivity contribution in [3.8, 4) is 0 Å².